The molecule has 2 fully saturated rings. The Morgan fingerprint density at radius 2 is 1.52 bits per heavy atom. The van der Waals surface area contributed by atoms with Crippen molar-refractivity contribution < 1.29 is 23.1 Å². The summed E-state index contributed by atoms with van der Waals surface area (Å²) < 4.78 is 33.3. The quantitative estimate of drug-likeness (QED) is 0.254. The number of likely N-dealkylation sites (N-methyl/N-ethyl adjacent to an activating group) is 1. The molecule has 13 nitrogen and oxygen atoms in total. The zero-order chi connectivity index (χ0) is 32.8. The highest BCUT2D eigenvalue weighted by atomic mass is 32.2. The summed E-state index contributed by atoms with van der Waals surface area (Å²) in [5, 5.41) is 13.3. The van der Waals surface area contributed by atoms with Gasteiger partial charge in [0, 0.05) is 51.3 Å². The summed E-state index contributed by atoms with van der Waals surface area (Å²) >= 11 is 0. The minimum absolute atomic E-state index is 0.235. The van der Waals surface area contributed by atoms with Crippen molar-refractivity contribution in [2.75, 3.05) is 45.2 Å². The molecule has 4 aromatic rings. The van der Waals surface area contributed by atoms with Crippen LogP contribution in [0.25, 0.3) is 22.3 Å². The van der Waals surface area contributed by atoms with E-state index in [1.54, 1.807) is 0 Å². The van der Waals surface area contributed by atoms with Crippen LogP contribution < -0.4 is 15.2 Å². The molecule has 1 aliphatic heterocycles. The molecule has 0 bridgehead atoms. The van der Waals surface area contributed by atoms with Crippen LogP contribution in [-0.2, 0) is 21.4 Å². The van der Waals surface area contributed by atoms with Crippen molar-refractivity contribution in [2.24, 2.45) is 0 Å². The van der Waals surface area contributed by atoms with Gasteiger partial charge in [-0.15, -0.1) is 0 Å². The lowest BCUT2D eigenvalue weighted by molar-refractivity contribution is -0.134. The number of ether oxygens (including phenoxy) is 1. The van der Waals surface area contributed by atoms with E-state index >= 15 is 0 Å². The number of benzene rings is 2. The van der Waals surface area contributed by atoms with Crippen LogP contribution in [0.4, 0.5) is 5.82 Å². The van der Waals surface area contributed by atoms with Crippen molar-refractivity contribution in [1.29, 1.82) is 0 Å². The Hall–Kier alpha value is -4.11. The van der Waals surface area contributed by atoms with Crippen LogP contribution in [0.5, 0.6) is 11.5 Å². The van der Waals surface area contributed by atoms with E-state index in [4.69, 9.17) is 25.5 Å². The highest BCUT2D eigenvalue weighted by molar-refractivity contribution is 7.88. The number of sulfonamides is 1. The summed E-state index contributed by atoms with van der Waals surface area (Å²) in [5.74, 6) is 0.930. The highest BCUT2D eigenvalue weighted by Crippen LogP contribution is 2.37. The number of nitrogen functional groups attached to an aromatic ring is 1. The molecule has 14 heteroatoms. The van der Waals surface area contributed by atoms with Gasteiger partial charge in [0.15, 0.2) is 5.65 Å². The van der Waals surface area contributed by atoms with Crippen LogP contribution in [-0.4, -0.2) is 94.6 Å². The summed E-state index contributed by atoms with van der Waals surface area (Å²) in [6, 6.07) is 16.0. The number of piperazine rings is 1. The number of nitrogens with one attached hydrogen (secondary N) is 1. The van der Waals surface area contributed by atoms with E-state index < -0.39 is 16.0 Å². The number of aliphatic carboxylic acids is 1. The molecule has 0 atom stereocenters. The van der Waals surface area contributed by atoms with Crippen LogP contribution in [0.2, 0.25) is 0 Å². The third-order valence-electron chi connectivity index (χ3n) is 8.41. The maximum atomic E-state index is 11.3. The number of hydrogen-bond donors (Lipinski definition) is 3. The van der Waals surface area contributed by atoms with Gasteiger partial charge in [-0.25, -0.2) is 27.8 Å². The van der Waals surface area contributed by atoms with E-state index in [1.807, 2.05) is 48.5 Å². The van der Waals surface area contributed by atoms with E-state index in [0.717, 1.165) is 92.9 Å². The Morgan fingerprint density at radius 1 is 0.957 bits per heavy atom. The van der Waals surface area contributed by atoms with Gasteiger partial charge in [0.05, 0.1) is 17.7 Å². The van der Waals surface area contributed by atoms with Gasteiger partial charge in [-0.3, -0.25) is 9.69 Å². The second-order valence-electron chi connectivity index (χ2n) is 11.9. The van der Waals surface area contributed by atoms with Crippen LogP contribution in [0, 0.1) is 0 Å². The van der Waals surface area contributed by atoms with Crippen LogP contribution in [0.3, 0.4) is 0 Å². The van der Waals surface area contributed by atoms with Gasteiger partial charge in [0.25, 0.3) is 5.97 Å². The van der Waals surface area contributed by atoms with Gasteiger partial charge in [0.1, 0.15) is 29.3 Å². The van der Waals surface area contributed by atoms with Gasteiger partial charge in [-0.2, -0.15) is 5.10 Å². The van der Waals surface area contributed by atoms with Gasteiger partial charge in [-0.1, -0.05) is 12.1 Å². The molecule has 0 spiro atoms. The lowest BCUT2D eigenvalue weighted by Crippen LogP contribution is -2.49. The minimum atomic E-state index is -3.24. The summed E-state index contributed by atoms with van der Waals surface area (Å²) in [7, 11) is -1.04. The number of hydrogen-bond acceptors (Lipinski definition) is 10. The van der Waals surface area contributed by atoms with Crippen molar-refractivity contribution >= 4 is 32.8 Å². The number of nitrogens with two attached hydrogens (primary N) is 1. The molecule has 2 aliphatic rings. The maximum Gasteiger partial charge on any atom is 0.300 e. The lowest BCUT2D eigenvalue weighted by atomic mass is 9.90. The van der Waals surface area contributed by atoms with Crippen LogP contribution in [0.15, 0.2) is 54.9 Å². The Labute approximate surface area is 269 Å². The molecule has 1 saturated carbocycles. The number of anilines is 1. The first-order valence-corrected chi connectivity index (χ1v) is 17.3. The fourth-order valence-electron chi connectivity index (χ4n) is 6.01. The number of rotatable bonds is 8. The average molecular weight is 651 g/mol. The maximum absolute atomic E-state index is 11.3. The molecule has 4 N–H and O–H groups in total. The third-order valence-corrected chi connectivity index (χ3v) is 9.08. The van der Waals surface area contributed by atoms with Crippen LogP contribution in [0.1, 0.15) is 44.2 Å². The number of fused-ring (bicyclic) bond motifs is 1. The summed E-state index contributed by atoms with van der Waals surface area (Å²) in [6.45, 7) is 5.91. The molecule has 46 heavy (non-hydrogen) atoms. The first kappa shape index (κ1) is 33.3. The van der Waals surface area contributed by atoms with Crippen molar-refractivity contribution in [3.05, 3.63) is 60.4 Å². The molecule has 246 valence electrons. The molecule has 2 aromatic carbocycles. The van der Waals surface area contributed by atoms with Crippen molar-refractivity contribution in [3.63, 3.8) is 0 Å². The zero-order valence-electron chi connectivity index (χ0n) is 26.5. The van der Waals surface area contributed by atoms with E-state index in [2.05, 4.69) is 36.2 Å². The topological polar surface area (TPSA) is 169 Å². The number of carboxylic acids is 1. The molecule has 0 amide bonds. The molecular formula is C32H42N8O5S. The predicted molar refractivity (Wildman–Crippen MR) is 177 cm³/mol. The summed E-state index contributed by atoms with van der Waals surface area (Å²) in [6.07, 6.45) is 7.11. The molecule has 3 heterocycles. The first-order valence-electron chi connectivity index (χ1n) is 15.4. The van der Waals surface area contributed by atoms with Crippen LogP contribution >= 0.6 is 0 Å². The lowest BCUT2D eigenvalue weighted by Gasteiger charge is -2.41. The van der Waals surface area contributed by atoms with Gasteiger partial charge < -0.3 is 20.5 Å². The molecular weight excluding hydrogens is 608 g/mol. The fraction of sp³-hybridized carbons (Fsp3) is 0.438. The second-order valence-corrected chi connectivity index (χ2v) is 13.8. The summed E-state index contributed by atoms with van der Waals surface area (Å²) in [4.78, 5) is 23.0. The fourth-order valence-corrected chi connectivity index (χ4v) is 6.44. The molecule has 0 unspecified atom stereocenters. The van der Waals surface area contributed by atoms with E-state index in [-0.39, 0.29) is 12.6 Å². The number of nitrogens with zero attached hydrogens (tertiary/aromatic N) is 6. The Balaban J connectivity index is 0.000000985. The van der Waals surface area contributed by atoms with E-state index in [9.17, 15) is 8.42 Å². The molecule has 0 radical (unpaired) electrons. The SMILES string of the molecule is CC(=O)O.CN1CCN([C@H]2CC[C@@H](n3nc(-c4ccc(Oc5ccc(CNS(C)(=O)=O)cc5)cc4)c4c(N)ncnc43)CC2)CC1. The standard InChI is InChI=1S/C30H38N8O3S.C2H4O2/c1-36-15-17-37(18-16-36)23-7-9-24(10-8-23)38-30-27(29(31)32-20-33-30)28(35-38)22-5-13-26(14-6-22)41-25-11-3-21(4-12-25)19-34-42(2,39)40;1-2(3)4/h3-6,11-14,20,23-24,34H,7-10,15-19H2,1-2H3,(H2,31,32,33);1H3,(H,3,4)/t23-,24+;. The Kier molecular flexibility index (Phi) is 10.5. The highest BCUT2D eigenvalue weighted by Gasteiger charge is 2.30. The molecule has 1 saturated heterocycles. The largest absolute Gasteiger partial charge is 0.481 e. The zero-order valence-corrected chi connectivity index (χ0v) is 27.3. The third kappa shape index (κ3) is 8.57. The van der Waals surface area contributed by atoms with Crippen molar-refractivity contribution in [2.45, 2.75) is 51.2 Å². The van der Waals surface area contributed by atoms with Gasteiger partial charge >= 0.3 is 0 Å². The molecule has 6 rings (SSSR count). The first-order chi connectivity index (χ1) is 22.0. The van der Waals surface area contributed by atoms with Gasteiger partial charge in [0.2, 0.25) is 10.0 Å². The van der Waals surface area contributed by atoms with E-state index in [0.29, 0.717) is 23.4 Å². The molecule has 2 aromatic heterocycles. The van der Waals surface area contributed by atoms with Crippen molar-refractivity contribution in [1.82, 2.24) is 34.3 Å². The van der Waals surface area contributed by atoms with E-state index in [1.165, 1.54) is 6.33 Å². The predicted octanol–water partition coefficient (Wildman–Crippen LogP) is 3.74. The number of aromatic nitrogens is 4. The summed E-state index contributed by atoms with van der Waals surface area (Å²) in [5.41, 5.74) is 9.70. The normalized spacial score (nSPS) is 19.4. The Morgan fingerprint density at radius 3 is 2.11 bits per heavy atom. The smallest absolute Gasteiger partial charge is 0.300 e. The monoisotopic (exact) mass is 650 g/mol. The minimum Gasteiger partial charge on any atom is -0.481 e. The molecule has 1 aliphatic carbocycles. The number of carboxylic acid groups (broad SMARTS) is 1. The second kappa shape index (κ2) is 14.5. The van der Waals surface area contributed by atoms with Gasteiger partial charge in [-0.05, 0) is 74.7 Å². The Bertz CT molecular complexity index is 1720. The average Bonchev–Trinajstić information content (AvgIpc) is 3.42. The van der Waals surface area contributed by atoms with Crippen molar-refractivity contribution in [3.8, 4) is 22.8 Å². The number of carbonyl (C=O) groups is 1.